The standard InChI is InChI=1S/C16H15N3O4/c17-16(22)19-18-10-11-6-8-13(9-7-11)23-14(15(20)21)12-4-2-1-3-5-12/h1-10,14H,(H,20,21)(H3,17,19,22). The zero-order valence-electron chi connectivity index (χ0n) is 12.0. The molecule has 23 heavy (non-hydrogen) atoms. The van der Waals surface area contributed by atoms with E-state index in [1.807, 2.05) is 0 Å². The van der Waals surface area contributed by atoms with Crippen molar-refractivity contribution < 1.29 is 19.4 Å². The van der Waals surface area contributed by atoms with Gasteiger partial charge in [-0.1, -0.05) is 30.3 Å². The van der Waals surface area contributed by atoms with Gasteiger partial charge in [0.25, 0.3) is 0 Å². The van der Waals surface area contributed by atoms with Crippen molar-refractivity contribution in [3.8, 4) is 5.75 Å². The lowest BCUT2D eigenvalue weighted by Gasteiger charge is -2.15. The molecule has 0 aliphatic rings. The lowest BCUT2D eigenvalue weighted by Crippen LogP contribution is -2.24. The highest BCUT2D eigenvalue weighted by molar-refractivity contribution is 5.81. The number of aliphatic carboxylic acids is 1. The van der Waals surface area contributed by atoms with Crippen molar-refractivity contribution in [3.63, 3.8) is 0 Å². The van der Waals surface area contributed by atoms with E-state index in [9.17, 15) is 14.7 Å². The number of hydrogen-bond donors (Lipinski definition) is 3. The number of amides is 2. The van der Waals surface area contributed by atoms with Crippen LogP contribution in [0, 0.1) is 0 Å². The Bertz CT molecular complexity index is 699. The van der Waals surface area contributed by atoms with Gasteiger partial charge in [-0.25, -0.2) is 15.0 Å². The van der Waals surface area contributed by atoms with Crippen LogP contribution in [0.5, 0.6) is 5.75 Å². The van der Waals surface area contributed by atoms with E-state index < -0.39 is 18.1 Å². The summed E-state index contributed by atoms with van der Waals surface area (Å²) in [4.78, 5) is 21.9. The second-order valence-electron chi connectivity index (χ2n) is 4.55. The summed E-state index contributed by atoms with van der Waals surface area (Å²) in [5, 5.41) is 12.9. The molecule has 0 radical (unpaired) electrons. The molecule has 0 saturated carbocycles. The molecule has 2 rings (SSSR count). The number of urea groups is 1. The SMILES string of the molecule is NC(=O)NN=Cc1ccc(OC(C(=O)O)c2ccccc2)cc1. The lowest BCUT2D eigenvalue weighted by atomic mass is 10.1. The second kappa shape index (κ2) is 7.60. The van der Waals surface area contributed by atoms with Crippen LogP contribution < -0.4 is 15.9 Å². The van der Waals surface area contributed by atoms with Crippen molar-refractivity contribution in [1.29, 1.82) is 0 Å². The molecule has 0 bridgehead atoms. The van der Waals surface area contributed by atoms with Crippen LogP contribution >= 0.6 is 0 Å². The van der Waals surface area contributed by atoms with Crippen LogP contribution in [0.1, 0.15) is 17.2 Å². The summed E-state index contributed by atoms with van der Waals surface area (Å²) >= 11 is 0. The van der Waals surface area contributed by atoms with Crippen LogP contribution in [-0.4, -0.2) is 23.3 Å². The maximum atomic E-state index is 11.4. The van der Waals surface area contributed by atoms with Gasteiger partial charge < -0.3 is 15.6 Å². The van der Waals surface area contributed by atoms with Crippen LogP contribution in [0.3, 0.4) is 0 Å². The third kappa shape index (κ3) is 4.85. The van der Waals surface area contributed by atoms with Crippen LogP contribution in [0.2, 0.25) is 0 Å². The van der Waals surface area contributed by atoms with Gasteiger partial charge in [0.2, 0.25) is 6.10 Å². The number of carboxylic acids is 1. The largest absolute Gasteiger partial charge is 0.478 e. The van der Waals surface area contributed by atoms with E-state index in [2.05, 4.69) is 10.5 Å². The Labute approximate surface area is 132 Å². The number of primary amides is 1. The van der Waals surface area contributed by atoms with Crippen LogP contribution in [0.4, 0.5) is 4.79 Å². The van der Waals surface area contributed by atoms with Crippen molar-refractivity contribution in [1.82, 2.24) is 5.43 Å². The highest BCUT2D eigenvalue weighted by Gasteiger charge is 2.21. The molecule has 0 heterocycles. The zero-order valence-corrected chi connectivity index (χ0v) is 12.0. The minimum Gasteiger partial charge on any atom is -0.478 e. The van der Waals surface area contributed by atoms with Gasteiger partial charge in [0.05, 0.1) is 6.21 Å². The predicted octanol–water partition coefficient (Wildman–Crippen LogP) is 1.89. The first-order chi connectivity index (χ1) is 11.1. The summed E-state index contributed by atoms with van der Waals surface area (Å²) in [7, 11) is 0. The minimum atomic E-state index is -1.09. The molecule has 2 aromatic carbocycles. The molecule has 0 spiro atoms. The number of carboxylic acid groups (broad SMARTS) is 1. The summed E-state index contributed by atoms with van der Waals surface area (Å²) < 4.78 is 5.53. The topological polar surface area (TPSA) is 114 Å². The first-order valence-corrected chi connectivity index (χ1v) is 6.69. The normalized spacial score (nSPS) is 11.8. The Kier molecular flexibility index (Phi) is 5.30. The van der Waals surface area contributed by atoms with E-state index in [4.69, 9.17) is 10.5 Å². The summed E-state index contributed by atoms with van der Waals surface area (Å²) in [5.74, 6) is -0.672. The number of benzene rings is 2. The highest BCUT2D eigenvalue weighted by Crippen LogP contribution is 2.22. The van der Waals surface area contributed by atoms with Gasteiger partial charge in [0.1, 0.15) is 5.75 Å². The number of ether oxygens (including phenoxy) is 1. The number of nitrogens with two attached hydrogens (primary N) is 1. The molecular weight excluding hydrogens is 298 g/mol. The second-order valence-corrected chi connectivity index (χ2v) is 4.55. The Morgan fingerprint density at radius 2 is 1.78 bits per heavy atom. The molecule has 2 amide bonds. The highest BCUT2D eigenvalue weighted by atomic mass is 16.5. The van der Waals surface area contributed by atoms with Gasteiger partial charge in [-0.15, -0.1) is 0 Å². The van der Waals surface area contributed by atoms with Crippen molar-refractivity contribution in [2.24, 2.45) is 10.8 Å². The predicted molar refractivity (Wildman–Crippen MR) is 84.2 cm³/mol. The number of nitrogens with one attached hydrogen (secondary N) is 1. The Morgan fingerprint density at radius 1 is 1.13 bits per heavy atom. The fourth-order valence-electron chi connectivity index (χ4n) is 1.83. The maximum absolute atomic E-state index is 11.4. The number of hydrazone groups is 1. The molecule has 0 aromatic heterocycles. The molecule has 0 aliphatic heterocycles. The molecule has 4 N–H and O–H groups in total. The summed E-state index contributed by atoms with van der Waals surface area (Å²) in [6, 6.07) is 14.5. The van der Waals surface area contributed by atoms with Gasteiger partial charge in [-0.3, -0.25) is 0 Å². The van der Waals surface area contributed by atoms with E-state index >= 15 is 0 Å². The van der Waals surface area contributed by atoms with Gasteiger partial charge in [0, 0.05) is 5.56 Å². The fourth-order valence-corrected chi connectivity index (χ4v) is 1.83. The van der Waals surface area contributed by atoms with Crippen molar-refractivity contribution >= 4 is 18.2 Å². The van der Waals surface area contributed by atoms with Crippen molar-refractivity contribution in [2.45, 2.75) is 6.10 Å². The Balaban J connectivity index is 2.08. The van der Waals surface area contributed by atoms with E-state index in [-0.39, 0.29) is 0 Å². The van der Waals surface area contributed by atoms with E-state index in [1.54, 1.807) is 54.6 Å². The Morgan fingerprint density at radius 3 is 2.35 bits per heavy atom. The third-order valence-electron chi connectivity index (χ3n) is 2.85. The van der Waals surface area contributed by atoms with Gasteiger partial charge >= 0.3 is 12.0 Å². The quantitative estimate of drug-likeness (QED) is 0.558. The van der Waals surface area contributed by atoms with E-state index in [0.29, 0.717) is 16.9 Å². The first-order valence-electron chi connectivity index (χ1n) is 6.69. The summed E-state index contributed by atoms with van der Waals surface area (Å²) in [6.45, 7) is 0. The Hall–Kier alpha value is -3.35. The molecule has 118 valence electrons. The van der Waals surface area contributed by atoms with Gasteiger partial charge in [-0.05, 0) is 29.8 Å². The average molecular weight is 313 g/mol. The zero-order chi connectivity index (χ0) is 16.7. The monoisotopic (exact) mass is 313 g/mol. The van der Waals surface area contributed by atoms with Gasteiger partial charge in [-0.2, -0.15) is 5.10 Å². The molecule has 0 saturated heterocycles. The third-order valence-corrected chi connectivity index (χ3v) is 2.85. The molecule has 2 aromatic rings. The molecule has 7 heteroatoms. The number of hydrogen-bond acceptors (Lipinski definition) is 4. The van der Waals surface area contributed by atoms with Crippen LogP contribution in [0.15, 0.2) is 59.7 Å². The van der Waals surface area contributed by atoms with Crippen molar-refractivity contribution in [3.05, 3.63) is 65.7 Å². The molecule has 0 aliphatic carbocycles. The molecular formula is C16H15N3O4. The van der Waals surface area contributed by atoms with E-state index in [0.717, 1.165) is 0 Å². The van der Waals surface area contributed by atoms with Crippen LogP contribution in [-0.2, 0) is 4.79 Å². The first kappa shape index (κ1) is 16.0. The number of nitrogens with zero attached hydrogens (tertiary/aromatic N) is 1. The lowest BCUT2D eigenvalue weighted by molar-refractivity contribution is -0.145. The summed E-state index contributed by atoms with van der Waals surface area (Å²) in [5.41, 5.74) is 8.20. The molecule has 0 fully saturated rings. The smallest absolute Gasteiger partial charge is 0.349 e. The molecule has 1 atom stereocenters. The average Bonchev–Trinajstić information content (AvgIpc) is 2.54. The van der Waals surface area contributed by atoms with E-state index in [1.165, 1.54) is 6.21 Å². The van der Waals surface area contributed by atoms with Gasteiger partial charge in [0.15, 0.2) is 0 Å². The maximum Gasteiger partial charge on any atom is 0.349 e. The van der Waals surface area contributed by atoms with Crippen molar-refractivity contribution in [2.75, 3.05) is 0 Å². The summed E-state index contributed by atoms with van der Waals surface area (Å²) in [6.07, 6.45) is 0.313. The number of carbonyl (C=O) groups excluding carboxylic acids is 1. The molecule has 1 unspecified atom stereocenters. The molecule has 7 nitrogen and oxygen atoms in total. The minimum absolute atomic E-state index is 0.404. The fraction of sp³-hybridized carbons (Fsp3) is 0.0625. The number of carbonyl (C=O) groups is 2. The number of rotatable bonds is 6. The van der Waals surface area contributed by atoms with Crippen LogP contribution in [0.25, 0.3) is 0 Å².